The molecule has 0 fully saturated rings. The minimum atomic E-state index is -4.79. The van der Waals surface area contributed by atoms with E-state index in [-0.39, 0.29) is 60.3 Å². The maximum Gasteiger partial charge on any atom is 0.573 e. The van der Waals surface area contributed by atoms with Crippen LogP contribution in [0.3, 0.4) is 0 Å². The fraction of sp³-hybridized carbons (Fsp3) is 0.278. The van der Waals surface area contributed by atoms with Crippen LogP contribution in [0.1, 0.15) is 12.5 Å². The number of ether oxygens (including phenoxy) is 3. The molecule has 2 rings (SSSR count). The van der Waals surface area contributed by atoms with Gasteiger partial charge < -0.3 is 25.3 Å². The van der Waals surface area contributed by atoms with Crippen LogP contribution in [-0.4, -0.2) is 25.5 Å². The highest BCUT2D eigenvalue weighted by molar-refractivity contribution is 14.0. The van der Waals surface area contributed by atoms with Crippen molar-refractivity contribution >= 4 is 35.6 Å². The van der Waals surface area contributed by atoms with Gasteiger partial charge in [0.05, 0.1) is 13.2 Å². The lowest BCUT2D eigenvalue weighted by Crippen LogP contribution is -2.22. The number of aliphatic imine (C=N–C) groups is 1. The Hall–Kier alpha value is -2.51. The summed E-state index contributed by atoms with van der Waals surface area (Å²) in [6.45, 7) is -1.20. The number of hydrogen-bond donors (Lipinski definition) is 2. The van der Waals surface area contributed by atoms with Gasteiger partial charge in [0, 0.05) is 11.3 Å². The molecular weight excluding hydrogens is 528 g/mol. The fourth-order valence-corrected chi connectivity index (χ4v) is 2.28. The van der Waals surface area contributed by atoms with Gasteiger partial charge in [-0.05, 0) is 37.3 Å². The van der Waals surface area contributed by atoms with E-state index in [4.69, 9.17) is 10.5 Å². The largest absolute Gasteiger partial charge is 0.573 e. The van der Waals surface area contributed by atoms with E-state index in [9.17, 15) is 22.0 Å². The summed E-state index contributed by atoms with van der Waals surface area (Å²) in [6.07, 6.45) is -4.79. The fourth-order valence-electron chi connectivity index (χ4n) is 2.28. The van der Waals surface area contributed by atoms with E-state index in [0.29, 0.717) is 11.3 Å². The Labute approximate surface area is 186 Å². The number of hydrogen-bond acceptors (Lipinski definition) is 4. The Kier molecular flexibility index (Phi) is 9.89. The van der Waals surface area contributed by atoms with Crippen molar-refractivity contribution in [2.24, 2.45) is 10.7 Å². The van der Waals surface area contributed by atoms with Crippen LogP contribution in [-0.2, 0) is 6.54 Å². The van der Waals surface area contributed by atoms with Gasteiger partial charge in [-0.1, -0.05) is 12.1 Å². The zero-order valence-corrected chi connectivity index (χ0v) is 17.9. The van der Waals surface area contributed by atoms with Gasteiger partial charge in [-0.3, -0.25) is 0 Å². The number of nitrogens with two attached hydrogens (primary N) is 1. The average molecular weight is 547 g/mol. The standard InChI is InChI=1S/C18H18F5N3O3.HI/c1-2-27-14-5-3-4-11(15(14)28-16(19)20)10-25-17(24)26-12-6-8-13(9-7-12)29-18(21,22)23;/h3-9,16H,2,10H2,1H3,(H3,24,25,26);1H. The van der Waals surface area contributed by atoms with Gasteiger partial charge in [-0.25, -0.2) is 4.99 Å². The summed E-state index contributed by atoms with van der Waals surface area (Å²) in [7, 11) is 0. The molecule has 0 bridgehead atoms. The molecule has 0 aromatic heterocycles. The minimum absolute atomic E-state index is 0. The molecule has 0 saturated carbocycles. The van der Waals surface area contributed by atoms with Gasteiger partial charge in [-0.2, -0.15) is 8.78 Å². The van der Waals surface area contributed by atoms with Crippen molar-refractivity contribution in [3.8, 4) is 17.2 Å². The van der Waals surface area contributed by atoms with Crippen molar-refractivity contribution in [3.05, 3.63) is 48.0 Å². The first kappa shape index (κ1) is 25.5. The Morgan fingerprint density at radius 1 is 1.13 bits per heavy atom. The third kappa shape index (κ3) is 8.47. The third-order valence-electron chi connectivity index (χ3n) is 3.35. The van der Waals surface area contributed by atoms with Crippen LogP contribution in [0.5, 0.6) is 17.2 Å². The maximum atomic E-state index is 12.7. The second kappa shape index (κ2) is 11.6. The molecule has 0 spiro atoms. The first-order valence-corrected chi connectivity index (χ1v) is 8.30. The van der Waals surface area contributed by atoms with Crippen molar-refractivity contribution in [1.29, 1.82) is 0 Å². The number of para-hydroxylation sites is 1. The molecule has 0 heterocycles. The van der Waals surface area contributed by atoms with E-state index in [1.807, 2.05) is 0 Å². The lowest BCUT2D eigenvalue weighted by Gasteiger charge is -2.14. The van der Waals surface area contributed by atoms with E-state index in [2.05, 4.69) is 19.8 Å². The highest BCUT2D eigenvalue weighted by Crippen LogP contribution is 2.33. The van der Waals surface area contributed by atoms with E-state index >= 15 is 0 Å². The number of nitrogens with zero attached hydrogens (tertiary/aromatic N) is 1. The van der Waals surface area contributed by atoms with Gasteiger partial charge in [0.25, 0.3) is 0 Å². The molecule has 0 aliphatic rings. The quantitative estimate of drug-likeness (QED) is 0.208. The van der Waals surface area contributed by atoms with Crippen molar-refractivity contribution in [3.63, 3.8) is 0 Å². The number of benzene rings is 2. The van der Waals surface area contributed by atoms with Crippen LogP contribution >= 0.6 is 24.0 Å². The maximum absolute atomic E-state index is 12.7. The number of halogens is 6. The predicted molar refractivity (Wildman–Crippen MR) is 112 cm³/mol. The summed E-state index contributed by atoms with van der Waals surface area (Å²) in [5, 5.41) is 2.67. The van der Waals surface area contributed by atoms with E-state index in [1.54, 1.807) is 13.0 Å². The molecule has 0 unspecified atom stereocenters. The molecule has 2 aromatic rings. The molecule has 0 amide bonds. The third-order valence-corrected chi connectivity index (χ3v) is 3.35. The van der Waals surface area contributed by atoms with Crippen molar-refractivity contribution in [2.45, 2.75) is 26.4 Å². The Bertz CT molecular complexity index is 833. The number of nitrogens with one attached hydrogen (secondary N) is 1. The lowest BCUT2D eigenvalue weighted by atomic mass is 10.2. The van der Waals surface area contributed by atoms with Gasteiger partial charge in [0.15, 0.2) is 17.5 Å². The normalized spacial score (nSPS) is 11.6. The molecule has 3 N–H and O–H groups in total. The zero-order chi connectivity index (χ0) is 21.4. The van der Waals surface area contributed by atoms with Gasteiger partial charge in [-0.15, -0.1) is 37.1 Å². The lowest BCUT2D eigenvalue weighted by molar-refractivity contribution is -0.274. The SMILES string of the molecule is CCOc1cccc(CN=C(N)Nc2ccc(OC(F)(F)F)cc2)c1OC(F)F.I. The molecule has 12 heteroatoms. The Morgan fingerprint density at radius 3 is 2.37 bits per heavy atom. The summed E-state index contributed by atoms with van der Waals surface area (Å²) in [4.78, 5) is 4.03. The molecule has 0 atom stereocenters. The summed E-state index contributed by atoms with van der Waals surface area (Å²) >= 11 is 0. The second-order valence-corrected chi connectivity index (χ2v) is 5.45. The zero-order valence-electron chi connectivity index (χ0n) is 15.6. The number of anilines is 1. The molecule has 0 radical (unpaired) electrons. The van der Waals surface area contributed by atoms with E-state index in [1.165, 1.54) is 24.3 Å². The molecule has 0 aliphatic heterocycles. The number of alkyl halides is 5. The Morgan fingerprint density at radius 2 is 1.80 bits per heavy atom. The first-order chi connectivity index (χ1) is 13.7. The molecule has 30 heavy (non-hydrogen) atoms. The van der Waals surface area contributed by atoms with Gasteiger partial charge >= 0.3 is 13.0 Å². The molecule has 166 valence electrons. The highest BCUT2D eigenvalue weighted by Gasteiger charge is 2.30. The smallest absolute Gasteiger partial charge is 0.490 e. The molecular formula is C18H19F5IN3O3. The molecule has 0 saturated heterocycles. The van der Waals surface area contributed by atoms with Crippen LogP contribution < -0.4 is 25.3 Å². The Balaban J connectivity index is 0.00000450. The van der Waals surface area contributed by atoms with Crippen molar-refractivity contribution in [2.75, 3.05) is 11.9 Å². The van der Waals surface area contributed by atoms with Crippen LogP contribution in [0.2, 0.25) is 0 Å². The van der Waals surface area contributed by atoms with E-state index in [0.717, 1.165) is 12.1 Å². The van der Waals surface area contributed by atoms with E-state index < -0.39 is 13.0 Å². The number of guanidine groups is 1. The summed E-state index contributed by atoms with van der Waals surface area (Å²) in [5.74, 6) is -0.471. The molecule has 2 aromatic carbocycles. The van der Waals surface area contributed by atoms with Crippen LogP contribution in [0.4, 0.5) is 27.6 Å². The van der Waals surface area contributed by atoms with Crippen molar-refractivity contribution < 1.29 is 36.2 Å². The average Bonchev–Trinajstić information content (AvgIpc) is 2.62. The van der Waals surface area contributed by atoms with Crippen LogP contribution in [0, 0.1) is 0 Å². The highest BCUT2D eigenvalue weighted by atomic mass is 127. The second-order valence-electron chi connectivity index (χ2n) is 5.45. The van der Waals surface area contributed by atoms with Gasteiger partial charge in [0.2, 0.25) is 0 Å². The topological polar surface area (TPSA) is 78.1 Å². The summed E-state index contributed by atoms with van der Waals surface area (Å²) in [5.41, 5.74) is 6.42. The summed E-state index contributed by atoms with van der Waals surface area (Å²) < 4.78 is 75.5. The summed E-state index contributed by atoms with van der Waals surface area (Å²) in [6, 6.07) is 9.43. The minimum Gasteiger partial charge on any atom is -0.490 e. The van der Waals surface area contributed by atoms with Gasteiger partial charge in [0.1, 0.15) is 5.75 Å². The predicted octanol–water partition coefficient (Wildman–Crippen LogP) is 5.13. The molecule has 0 aliphatic carbocycles. The molecule has 6 nitrogen and oxygen atoms in total. The van der Waals surface area contributed by atoms with Crippen LogP contribution in [0.15, 0.2) is 47.5 Å². The first-order valence-electron chi connectivity index (χ1n) is 8.30. The number of rotatable bonds is 8. The van der Waals surface area contributed by atoms with Crippen molar-refractivity contribution in [1.82, 2.24) is 0 Å². The monoisotopic (exact) mass is 547 g/mol. The van der Waals surface area contributed by atoms with Crippen LogP contribution in [0.25, 0.3) is 0 Å².